The van der Waals surface area contributed by atoms with Gasteiger partial charge in [0.25, 0.3) is 10.0 Å². The molecule has 0 saturated heterocycles. The first-order valence-corrected chi connectivity index (χ1v) is 7.50. The zero-order valence-corrected chi connectivity index (χ0v) is 10.7. The monoisotopic (exact) mass is 274 g/mol. The number of thioether (sulfide) groups is 1. The highest BCUT2D eigenvalue weighted by Crippen LogP contribution is 2.29. The van der Waals surface area contributed by atoms with Crippen molar-refractivity contribution in [1.82, 2.24) is 0 Å². The number of fused-ring (bicyclic) bond motifs is 1. The maximum absolute atomic E-state index is 13.0. The molecule has 1 aliphatic rings. The molecule has 0 bridgehead atoms. The van der Waals surface area contributed by atoms with Crippen molar-refractivity contribution in [3.05, 3.63) is 24.0 Å². The van der Waals surface area contributed by atoms with E-state index in [-0.39, 0.29) is 4.90 Å². The molecule has 1 N–H and O–H groups in total. The number of halogens is 1. The summed E-state index contributed by atoms with van der Waals surface area (Å²) in [7, 11) is -3.78. The second kappa shape index (κ2) is 4.66. The second-order valence-electron chi connectivity index (χ2n) is 3.49. The Hall–Kier alpha value is -1.08. The molecule has 0 aliphatic carbocycles. The van der Waals surface area contributed by atoms with E-state index in [1.807, 2.05) is 6.92 Å². The first-order valence-electron chi connectivity index (χ1n) is 5.07. The Bertz CT molecular complexity index is 570. The lowest BCUT2D eigenvalue weighted by Crippen LogP contribution is -2.19. The molecule has 1 aromatic rings. The van der Waals surface area contributed by atoms with Crippen molar-refractivity contribution in [3.8, 4) is 0 Å². The van der Waals surface area contributed by atoms with Crippen LogP contribution in [-0.4, -0.2) is 19.3 Å². The van der Waals surface area contributed by atoms with E-state index in [0.29, 0.717) is 10.9 Å². The minimum Gasteiger partial charge on any atom is -0.333 e. The highest BCUT2D eigenvalue weighted by Gasteiger charge is 2.25. The fraction of sp³-hybridized carbons (Fsp3) is 0.300. The van der Waals surface area contributed by atoms with E-state index in [4.69, 9.17) is 0 Å². The lowest BCUT2D eigenvalue weighted by molar-refractivity contribution is 0.592. The Balaban J connectivity index is 2.40. The molecule has 0 radical (unpaired) electrons. The lowest BCUT2D eigenvalue weighted by Gasteiger charge is -2.17. The van der Waals surface area contributed by atoms with Crippen LogP contribution in [0.15, 0.2) is 27.5 Å². The molecule has 2 rings (SSSR count). The summed E-state index contributed by atoms with van der Waals surface area (Å²) >= 11 is 1.33. The van der Waals surface area contributed by atoms with Crippen LogP contribution in [0.1, 0.15) is 13.3 Å². The topological polar surface area (TPSA) is 58.5 Å². The molecule has 0 fully saturated rings. The molecule has 7 heteroatoms. The van der Waals surface area contributed by atoms with Gasteiger partial charge in [-0.25, -0.2) is 4.39 Å². The molecule has 1 heterocycles. The number of hydrogen-bond donors (Lipinski definition) is 1. The van der Waals surface area contributed by atoms with Gasteiger partial charge in [0.2, 0.25) is 0 Å². The van der Waals surface area contributed by atoms with E-state index in [1.165, 1.54) is 23.9 Å². The minimum atomic E-state index is -3.78. The maximum Gasteiger partial charge on any atom is 0.286 e. The molecule has 0 atom stereocenters. The zero-order chi connectivity index (χ0) is 12.5. The van der Waals surface area contributed by atoms with Crippen molar-refractivity contribution in [2.24, 2.45) is 4.40 Å². The number of nitrogens with one attached hydrogen (secondary N) is 1. The number of rotatable bonds is 2. The van der Waals surface area contributed by atoms with Crippen molar-refractivity contribution in [2.45, 2.75) is 18.2 Å². The Morgan fingerprint density at radius 3 is 2.94 bits per heavy atom. The molecule has 0 unspecified atom stereocenters. The summed E-state index contributed by atoms with van der Waals surface area (Å²) in [6.45, 7) is 1.99. The van der Waals surface area contributed by atoms with Gasteiger partial charge in [0.05, 0.1) is 5.69 Å². The quantitative estimate of drug-likeness (QED) is 0.900. The van der Waals surface area contributed by atoms with E-state index >= 15 is 0 Å². The van der Waals surface area contributed by atoms with E-state index in [9.17, 15) is 12.8 Å². The van der Waals surface area contributed by atoms with Crippen molar-refractivity contribution < 1.29 is 12.8 Å². The molecule has 0 spiro atoms. The van der Waals surface area contributed by atoms with Gasteiger partial charge in [0.1, 0.15) is 10.7 Å². The Morgan fingerprint density at radius 2 is 2.24 bits per heavy atom. The number of hydrogen-bond acceptors (Lipinski definition) is 4. The molecule has 0 amide bonds. The Morgan fingerprint density at radius 1 is 1.47 bits per heavy atom. The average Bonchev–Trinajstić information content (AvgIpc) is 2.27. The van der Waals surface area contributed by atoms with Crippen molar-refractivity contribution in [3.63, 3.8) is 0 Å². The zero-order valence-electron chi connectivity index (χ0n) is 9.10. The molecule has 92 valence electrons. The van der Waals surface area contributed by atoms with Gasteiger partial charge >= 0.3 is 0 Å². The van der Waals surface area contributed by atoms with Crippen molar-refractivity contribution in [2.75, 3.05) is 11.1 Å². The van der Waals surface area contributed by atoms with Crippen LogP contribution in [0, 0.1) is 5.82 Å². The van der Waals surface area contributed by atoms with E-state index < -0.39 is 15.8 Å². The number of amidine groups is 1. The van der Waals surface area contributed by atoms with Crippen LogP contribution in [0.2, 0.25) is 0 Å². The standard InChI is InChI=1S/C10H11FN2O2S2/c1-2-5-16-10-12-8-4-3-7(11)6-9(8)17(14,15)13-10/h3-4,6H,2,5H2,1H3,(H,12,13). The Kier molecular flexibility index (Phi) is 3.39. The SMILES string of the molecule is CCCSC1=NS(=O)(=O)c2cc(F)ccc2N1. The molecular weight excluding hydrogens is 263 g/mol. The highest BCUT2D eigenvalue weighted by molar-refractivity contribution is 8.14. The van der Waals surface area contributed by atoms with Crippen LogP contribution >= 0.6 is 11.8 Å². The number of benzene rings is 1. The van der Waals surface area contributed by atoms with Crippen LogP contribution in [0.5, 0.6) is 0 Å². The summed E-state index contributed by atoms with van der Waals surface area (Å²) < 4.78 is 40.2. The lowest BCUT2D eigenvalue weighted by atomic mass is 10.3. The molecule has 4 nitrogen and oxygen atoms in total. The van der Waals surface area contributed by atoms with Crippen LogP contribution < -0.4 is 5.32 Å². The van der Waals surface area contributed by atoms with Gasteiger partial charge in [-0.1, -0.05) is 18.7 Å². The average molecular weight is 274 g/mol. The summed E-state index contributed by atoms with van der Waals surface area (Å²) in [5, 5.41) is 3.22. The Labute approximate surface area is 103 Å². The van der Waals surface area contributed by atoms with E-state index in [1.54, 1.807) is 0 Å². The van der Waals surface area contributed by atoms with Gasteiger partial charge in [0, 0.05) is 5.75 Å². The van der Waals surface area contributed by atoms with Crippen LogP contribution in [-0.2, 0) is 10.0 Å². The fourth-order valence-electron chi connectivity index (χ4n) is 1.37. The minimum absolute atomic E-state index is 0.113. The summed E-state index contributed by atoms with van der Waals surface area (Å²) in [5.74, 6) is 0.187. The third-order valence-corrected chi connectivity index (χ3v) is 4.62. The highest BCUT2D eigenvalue weighted by atomic mass is 32.2. The largest absolute Gasteiger partial charge is 0.333 e. The normalized spacial score (nSPS) is 16.9. The fourth-order valence-corrected chi connectivity index (χ4v) is 3.48. The predicted octanol–water partition coefficient (Wildman–Crippen LogP) is 2.44. The van der Waals surface area contributed by atoms with Crippen LogP contribution in [0.4, 0.5) is 10.1 Å². The molecule has 17 heavy (non-hydrogen) atoms. The predicted molar refractivity (Wildman–Crippen MR) is 67.4 cm³/mol. The van der Waals surface area contributed by atoms with Crippen molar-refractivity contribution in [1.29, 1.82) is 0 Å². The number of nitrogens with zero attached hydrogens (tertiary/aromatic N) is 1. The van der Waals surface area contributed by atoms with Gasteiger partial charge in [0.15, 0.2) is 5.17 Å². The molecule has 0 aromatic heterocycles. The summed E-state index contributed by atoms with van der Waals surface area (Å²) in [6, 6.07) is 3.60. The summed E-state index contributed by atoms with van der Waals surface area (Å²) in [6.07, 6.45) is 0.918. The maximum atomic E-state index is 13.0. The number of anilines is 1. The molecule has 0 saturated carbocycles. The van der Waals surface area contributed by atoms with Gasteiger partial charge in [-0.15, -0.1) is 4.40 Å². The van der Waals surface area contributed by atoms with Gasteiger partial charge in [-0.05, 0) is 24.6 Å². The first kappa shape index (κ1) is 12.4. The molecule has 1 aliphatic heterocycles. The summed E-state index contributed by atoms with van der Waals surface area (Å²) in [4.78, 5) is -0.113. The third kappa shape index (κ3) is 2.61. The van der Waals surface area contributed by atoms with Crippen LogP contribution in [0.3, 0.4) is 0 Å². The second-order valence-corrected chi connectivity index (χ2v) is 6.14. The van der Waals surface area contributed by atoms with E-state index in [0.717, 1.165) is 18.2 Å². The van der Waals surface area contributed by atoms with Crippen LogP contribution in [0.25, 0.3) is 0 Å². The number of sulfonamides is 1. The molecular formula is C10H11FN2O2S2. The molecule has 1 aromatic carbocycles. The van der Waals surface area contributed by atoms with Gasteiger partial charge in [-0.2, -0.15) is 8.42 Å². The first-order chi connectivity index (χ1) is 8.03. The smallest absolute Gasteiger partial charge is 0.286 e. The van der Waals surface area contributed by atoms with Gasteiger partial charge in [-0.3, -0.25) is 0 Å². The van der Waals surface area contributed by atoms with E-state index in [2.05, 4.69) is 9.71 Å². The third-order valence-electron chi connectivity index (χ3n) is 2.11. The van der Waals surface area contributed by atoms with Gasteiger partial charge < -0.3 is 5.32 Å². The summed E-state index contributed by atoms with van der Waals surface area (Å²) in [5.41, 5.74) is 0.375. The van der Waals surface area contributed by atoms with Crippen molar-refractivity contribution >= 4 is 32.6 Å².